The minimum Gasteiger partial charge on any atom is -0.492 e. The van der Waals surface area contributed by atoms with Crippen LogP contribution in [0.15, 0.2) is 54.9 Å². The van der Waals surface area contributed by atoms with Gasteiger partial charge in [-0.1, -0.05) is 12.1 Å². The SMILES string of the molecule is CN(C)CCOc1ccc(C(=O)Nc2cccc3cnccc23)cc1C(F)(F)F. The van der Waals surface area contributed by atoms with Crippen molar-refractivity contribution in [1.82, 2.24) is 9.88 Å². The molecule has 0 aliphatic carbocycles. The van der Waals surface area contributed by atoms with Gasteiger partial charge < -0.3 is 15.0 Å². The summed E-state index contributed by atoms with van der Waals surface area (Å²) >= 11 is 0. The Morgan fingerprint density at radius 1 is 1.17 bits per heavy atom. The van der Waals surface area contributed by atoms with Crippen LogP contribution in [0.5, 0.6) is 5.75 Å². The molecule has 1 amide bonds. The number of alkyl halides is 3. The molecule has 2 aromatic carbocycles. The van der Waals surface area contributed by atoms with E-state index >= 15 is 0 Å². The lowest BCUT2D eigenvalue weighted by Crippen LogP contribution is -2.21. The van der Waals surface area contributed by atoms with Crippen molar-refractivity contribution in [3.05, 3.63) is 66.0 Å². The monoisotopic (exact) mass is 403 g/mol. The molecule has 3 aromatic rings. The summed E-state index contributed by atoms with van der Waals surface area (Å²) in [6, 6.07) is 10.3. The van der Waals surface area contributed by atoms with E-state index in [2.05, 4.69) is 10.3 Å². The third-order valence-corrected chi connectivity index (χ3v) is 4.27. The number of halogens is 3. The number of benzene rings is 2. The normalized spacial score (nSPS) is 11.7. The summed E-state index contributed by atoms with van der Waals surface area (Å²) in [5.41, 5.74) is -0.593. The second-order valence-electron chi connectivity index (χ2n) is 6.72. The zero-order valence-electron chi connectivity index (χ0n) is 16.0. The average Bonchev–Trinajstić information content (AvgIpc) is 2.67. The largest absolute Gasteiger partial charge is 0.492 e. The highest BCUT2D eigenvalue weighted by molar-refractivity contribution is 6.09. The van der Waals surface area contributed by atoms with Gasteiger partial charge in [0.25, 0.3) is 5.91 Å². The molecular weight excluding hydrogens is 383 g/mol. The molecule has 3 rings (SSSR count). The Balaban J connectivity index is 1.86. The molecule has 0 bridgehead atoms. The Morgan fingerprint density at radius 3 is 2.69 bits per heavy atom. The molecule has 5 nitrogen and oxygen atoms in total. The molecule has 8 heteroatoms. The lowest BCUT2D eigenvalue weighted by atomic mass is 10.1. The molecule has 152 valence electrons. The van der Waals surface area contributed by atoms with E-state index in [1.54, 1.807) is 49.6 Å². The number of carbonyl (C=O) groups excluding carboxylic acids is 1. The number of hydrogen-bond donors (Lipinski definition) is 1. The van der Waals surface area contributed by atoms with Crippen molar-refractivity contribution in [2.24, 2.45) is 0 Å². The second kappa shape index (κ2) is 8.48. The highest BCUT2D eigenvalue weighted by atomic mass is 19.4. The fourth-order valence-electron chi connectivity index (χ4n) is 2.78. The van der Waals surface area contributed by atoms with Crippen molar-refractivity contribution < 1.29 is 22.7 Å². The summed E-state index contributed by atoms with van der Waals surface area (Å²) in [4.78, 5) is 18.4. The van der Waals surface area contributed by atoms with E-state index in [0.717, 1.165) is 16.8 Å². The molecule has 0 spiro atoms. The van der Waals surface area contributed by atoms with Crippen molar-refractivity contribution in [3.8, 4) is 5.75 Å². The number of pyridine rings is 1. The number of anilines is 1. The molecule has 1 aromatic heterocycles. The fraction of sp³-hybridized carbons (Fsp3) is 0.238. The van der Waals surface area contributed by atoms with Crippen molar-refractivity contribution in [2.75, 3.05) is 32.6 Å². The molecule has 0 atom stereocenters. The van der Waals surface area contributed by atoms with Gasteiger partial charge in [-0.3, -0.25) is 9.78 Å². The van der Waals surface area contributed by atoms with Gasteiger partial charge in [0.1, 0.15) is 12.4 Å². The number of rotatable bonds is 6. The van der Waals surface area contributed by atoms with Crippen LogP contribution >= 0.6 is 0 Å². The number of nitrogens with zero attached hydrogens (tertiary/aromatic N) is 2. The predicted octanol–water partition coefficient (Wildman–Crippen LogP) is 4.45. The predicted molar refractivity (Wildman–Crippen MR) is 105 cm³/mol. The summed E-state index contributed by atoms with van der Waals surface area (Å²) in [7, 11) is 3.59. The Kier molecular flexibility index (Phi) is 6.03. The van der Waals surface area contributed by atoms with Gasteiger partial charge in [0, 0.05) is 41.0 Å². The van der Waals surface area contributed by atoms with E-state index in [0.29, 0.717) is 12.2 Å². The number of nitrogens with one attached hydrogen (secondary N) is 1. The summed E-state index contributed by atoms with van der Waals surface area (Å²) in [5, 5.41) is 4.23. The minimum absolute atomic E-state index is 0.103. The molecule has 29 heavy (non-hydrogen) atoms. The molecule has 0 aliphatic heterocycles. The van der Waals surface area contributed by atoms with Crippen LogP contribution in [0.4, 0.5) is 18.9 Å². The van der Waals surface area contributed by atoms with E-state index in [1.807, 2.05) is 6.07 Å². The summed E-state index contributed by atoms with van der Waals surface area (Å²) in [5.74, 6) is -0.938. The Morgan fingerprint density at radius 2 is 1.97 bits per heavy atom. The molecule has 1 N–H and O–H groups in total. The first-order valence-corrected chi connectivity index (χ1v) is 8.88. The topological polar surface area (TPSA) is 54.5 Å². The van der Waals surface area contributed by atoms with E-state index in [4.69, 9.17) is 4.74 Å². The van der Waals surface area contributed by atoms with Gasteiger partial charge in [-0.15, -0.1) is 0 Å². The highest BCUT2D eigenvalue weighted by Gasteiger charge is 2.35. The van der Waals surface area contributed by atoms with E-state index in [9.17, 15) is 18.0 Å². The standard InChI is InChI=1S/C21H20F3N3O2/c1-27(2)10-11-29-19-7-6-14(12-17(19)21(22,23)24)20(28)26-18-5-3-4-15-13-25-9-8-16(15)18/h3-9,12-13H,10-11H2,1-2H3,(H,26,28). The zero-order chi connectivity index (χ0) is 21.0. The summed E-state index contributed by atoms with van der Waals surface area (Å²) < 4.78 is 45.7. The van der Waals surface area contributed by atoms with E-state index in [-0.39, 0.29) is 17.9 Å². The van der Waals surface area contributed by atoms with E-state index in [1.165, 1.54) is 12.1 Å². The van der Waals surface area contributed by atoms with Crippen LogP contribution in [0.25, 0.3) is 10.8 Å². The number of carbonyl (C=O) groups is 1. The van der Waals surface area contributed by atoms with Gasteiger partial charge in [0.05, 0.1) is 5.56 Å². The average molecular weight is 403 g/mol. The van der Waals surface area contributed by atoms with Crippen LogP contribution in [0.2, 0.25) is 0 Å². The van der Waals surface area contributed by atoms with Crippen molar-refractivity contribution >= 4 is 22.4 Å². The Labute approximate surface area is 166 Å². The van der Waals surface area contributed by atoms with Gasteiger partial charge in [0.2, 0.25) is 0 Å². The molecule has 0 aliphatic rings. The lowest BCUT2D eigenvalue weighted by Gasteiger charge is -2.17. The Hall–Kier alpha value is -3.13. The number of aromatic nitrogens is 1. The van der Waals surface area contributed by atoms with Crippen molar-refractivity contribution in [2.45, 2.75) is 6.18 Å². The lowest BCUT2D eigenvalue weighted by molar-refractivity contribution is -0.139. The molecule has 1 heterocycles. The van der Waals surface area contributed by atoms with Crippen molar-refractivity contribution in [3.63, 3.8) is 0 Å². The highest BCUT2D eigenvalue weighted by Crippen LogP contribution is 2.37. The maximum Gasteiger partial charge on any atom is 0.419 e. The first kappa shape index (κ1) is 20.6. The molecule has 0 saturated carbocycles. The van der Waals surface area contributed by atoms with Gasteiger partial charge in [0.15, 0.2) is 0 Å². The first-order chi connectivity index (χ1) is 13.8. The summed E-state index contributed by atoms with van der Waals surface area (Å²) in [6.45, 7) is 0.571. The number of likely N-dealkylation sites (N-methyl/N-ethyl adjacent to an activating group) is 1. The number of ether oxygens (including phenoxy) is 1. The van der Waals surface area contributed by atoms with Gasteiger partial charge in [-0.2, -0.15) is 13.2 Å². The van der Waals surface area contributed by atoms with Crippen molar-refractivity contribution in [1.29, 1.82) is 0 Å². The Bertz CT molecular complexity index is 1010. The van der Waals surface area contributed by atoms with Gasteiger partial charge in [-0.25, -0.2) is 0 Å². The smallest absolute Gasteiger partial charge is 0.419 e. The quantitative estimate of drug-likeness (QED) is 0.661. The molecule has 0 unspecified atom stereocenters. The number of amides is 1. The summed E-state index contributed by atoms with van der Waals surface area (Å²) in [6.07, 6.45) is -1.42. The number of fused-ring (bicyclic) bond motifs is 1. The van der Waals surface area contributed by atoms with Crippen LogP contribution in [0, 0.1) is 0 Å². The molecule has 0 saturated heterocycles. The third kappa shape index (κ3) is 5.03. The molecular formula is C21H20F3N3O2. The molecule has 0 radical (unpaired) electrons. The first-order valence-electron chi connectivity index (χ1n) is 8.88. The van der Waals surface area contributed by atoms with Crippen LogP contribution in [0.1, 0.15) is 15.9 Å². The minimum atomic E-state index is -4.64. The van der Waals surface area contributed by atoms with E-state index < -0.39 is 17.6 Å². The van der Waals surface area contributed by atoms with Crippen LogP contribution in [0.3, 0.4) is 0 Å². The third-order valence-electron chi connectivity index (χ3n) is 4.27. The van der Waals surface area contributed by atoms with Crippen LogP contribution in [-0.2, 0) is 6.18 Å². The maximum absolute atomic E-state index is 13.5. The van der Waals surface area contributed by atoms with Crippen LogP contribution < -0.4 is 10.1 Å². The molecule has 0 fully saturated rings. The second-order valence-corrected chi connectivity index (χ2v) is 6.72. The van der Waals surface area contributed by atoms with Gasteiger partial charge >= 0.3 is 6.18 Å². The fourth-order valence-corrected chi connectivity index (χ4v) is 2.78. The van der Waals surface area contributed by atoms with Gasteiger partial charge in [-0.05, 0) is 44.4 Å². The van der Waals surface area contributed by atoms with Crippen LogP contribution in [-0.4, -0.2) is 43.0 Å². The zero-order valence-corrected chi connectivity index (χ0v) is 16.0. The number of hydrogen-bond acceptors (Lipinski definition) is 4. The maximum atomic E-state index is 13.5.